The molecule has 5 heteroatoms. The van der Waals surface area contributed by atoms with Crippen LogP contribution in [-0.4, -0.2) is 13.1 Å². The maximum Gasteiger partial charge on any atom is 0.418 e. The Morgan fingerprint density at radius 3 is 2.11 bits per heavy atom. The van der Waals surface area contributed by atoms with E-state index in [1.807, 2.05) is 4.90 Å². The predicted octanol–water partition coefficient (Wildman–Crippen LogP) is 4.06. The molecule has 0 unspecified atom stereocenters. The SMILES string of the molecule is Nc1ccc(N2CCCCCCC2)c(C(F)(F)F)c1. The highest BCUT2D eigenvalue weighted by atomic mass is 19.4. The van der Waals surface area contributed by atoms with Gasteiger partial charge in [-0.2, -0.15) is 13.2 Å². The van der Waals surface area contributed by atoms with Crippen molar-refractivity contribution >= 4 is 11.4 Å². The zero-order valence-electron chi connectivity index (χ0n) is 10.8. The number of halogens is 3. The van der Waals surface area contributed by atoms with Gasteiger partial charge in [-0.15, -0.1) is 0 Å². The highest BCUT2D eigenvalue weighted by Crippen LogP contribution is 2.38. The van der Waals surface area contributed by atoms with Gasteiger partial charge in [-0.1, -0.05) is 19.3 Å². The van der Waals surface area contributed by atoms with Crippen LogP contribution in [0, 0.1) is 0 Å². The monoisotopic (exact) mass is 272 g/mol. The molecular formula is C14H19F3N2. The minimum atomic E-state index is -4.35. The van der Waals surface area contributed by atoms with Crippen molar-refractivity contribution in [2.24, 2.45) is 0 Å². The molecule has 0 amide bonds. The summed E-state index contributed by atoms with van der Waals surface area (Å²) in [6.45, 7) is 1.37. The normalized spacial score (nSPS) is 17.9. The molecule has 1 heterocycles. The second-order valence-electron chi connectivity index (χ2n) is 5.03. The standard InChI is InChI=1S/C14H19F3N2/c15-14(16,17)12-10-11(18)6-7-13(12)19-8-4-2-1-3-5-9-19/h6-7,10H,1-5,8-9,18H2. The molecule has 0 radical (unpaired) electrons. The Morgan fingerprint density at radius 1 is 0.947 bits per heavy atom. The first-order valence-electron chi connectivity index (χ1n) is 6.70. The molecule has 0 aromatic heterocycles. The summed E-state index contributed by atoms with van der Waals surface area (Å²) in [5.41, 5.74) is 5.30. The van der Waals surface area contributed by atoms with Crippen LogP contribution in [0.25, 0.3) is 0 Å². The minimum absolute atomic E-state index is 0.156. The van der Waals surface area contributed by atoms with E-state index in [2.05, 4.69) is 0 Å². The number of nitrogens with zero attached hydrogens (tertiary/aromatic N) is 1. The van der Waals surface area contributed by atoms with Crippen LogP contribution in [0.4, 0.5) is 24.5 Å². The molecule has 19 heavy (non-hydrogen) atoms. The topological polar surface area (TPSA) is 29.3 Å². The third kappa shape index (κ3) is 3.55. The largest absolute Gasteiger partial charge is 0.418 e. The van der Waals surface area contributed by atoms with E-state index in [0.717, 1.165) is 31.7 Å². The number of anilines is 2. The summed E-state index contributed by atoms with van der Waals surface area (Å²) in [4.78, 5) is 1.85. The highest BCUT2D eigenvalue weighted by Gasteiger charge is 2.35. The van der Waals surface area contributed by atoms with E-state index in [4.69, 9.17) is 5.73 Å². The summed E-state index contributed by atoms with van der Waals surface area (Å²) < 4.78 is 39.2. The zero-order chi connectivity index (χ0) is 13.9. The molecule has 1 fully saturated rings. The van der Waals surface area contributed by atoms with Gasteiger partial charge in [-0.05, 0) is 31.0 Å². The number of hydrogen-bond donors (Lipinski definition) is 1. The lowest BCUT2D eigenvalue weighted by Gasteiger charge is -2.29. The van der Waals surface area contributed by atoms with Gasteiger partial charge in [0.2, 0.25) is 0 Å². The fourth-order valence-corrected chi connectivity index (χ4v) is 2.54. The molecule has 0 spiro atoms. The molecule has 1 aliphatic rings. The van der Waals surface area contributed by atoms with Crippen LogP contribution in [0.15, 0.2) is 18.2 Å². The van der Waals surface area contributed by atoms with Crippen LogP contribution in [0.2, 0.25) is 0 Å². The molecule has 0 bridgehead atoms. The van der Waals surface area contributed by atoms with Crippen molar-refractivity contribution < 1.29 is 13.2 Å². The summed E-state index contributed by atoms with van der Waals surface area (Å²) >= 11 is 0. The van der Waals surface area contributed by atoms with Crippen LogP contribution in [0.1, 0.15) is 37.7 Å². The maximum absolute atomic E-state index is 13.1. The van der Waals surface area contributed by atoms with Crippen molar-refractivity contribution in [3.8, 4) is 0 Å². The van der Waals surface area contributed by atoms with Crippen molar-refractivity contribution in [2.45, 2.75) is 38.3 Å². The first kappa shape index (κ1) is 14.0. The Bertz CT molecular complexity index is 421. The second-order valence-corrected chi connectivity index (χ2v) is 5.03. The quantitative estimate of drug-likeness (QED) is 0.781. The van der Waals surface area contributed by atoms with E-state index in [-0.39, 0.29) is 11.4 Å². The third-order valence-electron chi connectivity index (χ3n) is 3.52. The average Bonchev–Trinajstić information content (AvgIpc) is 2.28. The number of nitrogen functional groups attached to an aromatic ring is 1. The van der Waals surface area contributed by atoms with Gasteiger partial charge in [-0.25, -0.2) is 0 Å². The highest BCUT2D eigenvalue weighted by molar-refractivity contribution is 5.60. The molecule has 1 aliphatic heterocycles. The van der Waals surface area contributed by atoms with Gasteiger partial charge in [0.25, 0.3) is 0 Å². The van der Waals surface area contributed by atoms with Gasteiger partial charge in [0.15, 0.2) is 0 Å². The maximum atomic E-state index is 13.1. The van der Waals surface area contributed by atoms with Gasteiger partial charge < -0.3 is 10.6 Å². The molecule has 0 saturated carbocycles. The molecule has 2 nitrogen and oxygen atoms in total. The molecule has 1 aromatic rings. The molecule has 2 N–H and O–H groups in total. The Balaban J connectivity index is 2.31. The molecule has 106 valence electrons. The predicted molar refractivity (Wildman–Crippen MR) is 71.2 cm³/mol. The van der Waals surface area contributed by atoms with E-state index in [9.17, 15) is 13.2 Å². The summed E-state index contributed by atoms with van der Waals surface area (Å²) in [6.07, 6.45) is 0.901. The van der Waals surface area contributed by atoms with Crippen molar-refractivity contribution in [1.82, 2.24) is 0 Å². The third-order valence-corrected chi connectivity index (χ3v) is 3.52. The van der Waals surface area contributed by atoms with Crippen LogP contribution in [-0.2, 0) is 6.18 Å². The van der Waals surface area contributed by atoms with Crippen molar-refractivity contribution in [3.63, 3.8) is 0 Å². The molecular weight excluding hydrogens is 253 g/mol. The van der Waals surface area contributed by atoms with Crippen LogP contribution in [0.5, 0.6) is 0 Å². The van der Waals surface area contributed by atoms with Crippen LogP contribution >= 0.6 is 0 Å². The van der Waals surface area contributed by atoms with Crippen molar-refractivity contribution in [2.75, 3.05) is 23.7 Å². The second kappa shape index (κ2) is 5.72. The number of benzene rings is 1. The molecule has 0 aliphatic carbocycles. The summed E-state index contributed by atoms with van der Waals surface area (Å²) in [6, 6.07) is 4.08. The fraction of sp³-hybridized carbons (Fsp3) is 0.571. The van der Waals surface area contributed by atoms with Crippen molar-refractivity contribution in [3.05, 3.63) is 23.8 Å². The first-order valence-corrected chi connectivity index (χ1v) is 6.70. The van der Waals surface area contributed by atoms with Crippen LogP contribution < -0.4 is 10.6 Å². The average molecular weight is 272 g/mol. The lowest BCUT2D eigenvalue weighted by Crippen LogP contribution is -2.29. The lowest BCUT2D eigenvalue weighted by molar-refractivity contribution is -0.137. The van der Waals surface area contributed by atoms with E-state index in [0.29, 0.717) is 13.1 Å². The summed E-state index contributed by atoms with van der Waals surface area (Å²) in [7, 11) is 0. The van der Waals surface area contributed by atoms with Gasteiger partial charge in [0.05, 0.1) is 5.56 Å². The van der Waals surface area contributed by atoms with Gasteiger partial charge >= 0.3 is 6.18 Å². The van der Waals surface area contributed by atoms with E-state index >= 15 is 0 Å². The van der Waals surface area contributed by atoms with Crippen LogP contribution in [0.3, 0.4) is 0 Å². The smallest absolute Gasteiger partial charge is 0.399 e. The van der Waals surface area contributed by atoms with Gasteiger partial charge in [0, 0.05) is 24.5 Å². The van der Waals surface area contributed by atoms with Gasteiger partial charge in [-0.3, -0.25) is 0 Å². The van der Waals surface area contributed by atoms with Gasteiger partial charge in [0.1, 0.15) is 0 Å². The zero-order valence-corrected chi connectivity index (χ0v) is 10.8. The number of nitrogens with two attached hydrogens (primary N) is 1. The summed E-state index contributed by atoms with van der Waals surface area (Å²) in [5.74, 6) is 0. The minimum Gasteiger partial charge on any atom is -0.399 e. The molecule has 0 atom stereocenters. The van der Waals surface area contributed by atoms with E-state index in [1.54, 1.807) is 6.07 Å². The Hall–Kier alpha value is -1.39. The lowest BCUT2D eigenvalue weighted by atomic mass is 10.1. The molecule has 1 aromatic carbocycles. The number of alkyl halides is 3. The van der Waals surface area contributed by atoms with E-state index < -0.39 is 11.7 Å². The Morgan fingerprint density at radius 2 is 1.53 bits per heavy atom. The summed E-state index contributed by atoms with van der Waals surface area (Å²) in [5, 5.41) is 0. The Kier molecular flexibility index (Phi) is 4.22. The van der Waals surface area contributed by atoms with E-state index in [1.165, 1.54) is 12.5 Å². The molecule has 1 saturated heterocycles. The first-order chi connectivity index (χ1) is 8.98. The number of hydrogen-bond acceptors (Lipinski definition) is 2. The number of rotatable bonds is 1. The fourth-order valence-electron chi connectivity index (χ4n) is 2.54. The van der Waals surface area contributed by atoms with Crippen molar-refractivity contribution in [1.29, 1.82) is 0 Å². The molecule has 2 rings (SSSR count). The Labute approximate surface area is 111 Å².